The van der Waals surface area contributed by atoms with Gasteiger partial charge in [-0.15, -0.1) is 11.8 Å². The minimum Gasteiger partial charge on any atom is -0.478 e. The Balaban J connectivity index is 2.39. The third-order valence-electron chi connectivity index (χ3n) is 3.01. The van der Waals surface area contributed by atoms with E-state index in [0.717, 1.165) is 23.1 Å². The number of carboxylic acids is 2. The summed E-state index contributed by atoms with van der Waals surface area (Å²) in [5, 5.41) is 18.0. The fourth-order valence-corrected chi connectivity index (χ4v) is 3.21. The highest BCUT2D eigenvalue weighted by molar-refractivity contribution is 7.98. The number of hydrogen-bond donors (Lipinski definition) is 2. The molecule has 2 rings (SSSR count). The fraction of sp³-hybridized carbons (Fsp3) is 0.0667. The van der Waals surface area contributed by atoms with Gasteiger partial charge in [-0.3, -0.25) is 0 Å². The molecule has 126 valence electrons. The monoisotopic (exact) mass is 368 g/mol. The first-order chi connectivity index (χ1) is 11.2. The van der Waals surface area contributed by atoms with E-state index in [2.05, 4.69) is 0 Å². The van der Waals surface area contributed by atoms with Gasteiger partial charge in [0.05, 0.1) is 11.1 Å². The number of carboxylic acid groups (broad SMARTS) is 2. The molecule has 0 aliphatic carbocycles. The number of benzene rings is 2. The highest BCUT2D eigenvalue weighted by Gasteiger charge is 2.23. The molecule has 0 bridgehead atoms. The second-order valence-corrected chi connectivity index (χ2v) is 6.96. The van der Waals surface area contributed by atoms with Gasteiger partial charge in [0.2, 0.25) is 0 Å². The van der Waals surface area contributed by atoms with Gasteiger partial charge in [-0.2, -0.15) is 8.42 Å². The normalized spacial score (nSPS) is 11.0. The van der Waals surface area contributed by atoms with E-state index in [1.165, 1.54) is 23.9 Å². The Kier molecular flexibility index (Phi) is 5.15. The van der Waals surface area contributed by atoms with Gasteiger partial charge in [-0.25, -0.2) is 9.59 Å². The molecule has 0 radical (unpaired) electrons. The van der Waals surface area contributed by atoms with Gasteiger partial charge in [0, 0.05) is 4.90 Å². The minimum atomic E-state index is -4.29. The molecule has 0 amide bonds. The van der Waals surface area contributed by atoms with E-state index >= 15 is 0 Å². The van der Waals surface area contributed by atoms with Crippen LogP contribution in [0.5, 0.6) is 5.75 Å². The molecular weight excluding hydrogens is 356 g/mol. The molecule has 2 N–H and O–H groups in total. The minimum absolute atomic E-state index is 0.0620. The Morgan fingerprint density at radius 1 is 0.958 bits per heavy atom. The maximum Gasteiger partial charge on any atom is 0.339 e. The smallest absolute Gasteiger partial charge is 0.339 e. The fourth-order valence-electron chi connectivity index (χ4n) is 1.85. The highest BCUT2D eigenvalue weighted by atomic mass is 32.2. The Morgan fingerprint density at radius 2 is 1.54 bits per heavy atom. The molecule has 2 aromatic rings. The predicted molar refractivity (Wildman–Crippen MR) is 86.4 cm³/mol. The van der Waals surface area contributed by atoms with Gasteiger partial charge in [0.1, 0.15) is 10.6 Å². The standard InChI is InChI=1S/C15H12O7S2/c1-23-10-4-2-9(3-5-10)22-24(20,21)11-6-7-12(14(16)17)13(8-11)15(18)19/h2-8H,1H3,(H,16,17)(H,18,19). The average molecular weight is 368 g/mol. The van der Waals surface area contributed by atoms with E-state index in [1.54, 1.807) is 12.1 Å². The number of rotatable bonds is 6. The summed E-state index contributed by atoms with van der Waals surface area (Å²) in [7, 11) is -4.29. The second-order valence-electron chi connectivity index (χ2n) is 4.53. The molecule has 0 atom stereocenters. The van der Waals surface area contributed by atoms with E-state index < -0.39 is 38.1 Å². The van der Waals surface area contributed by atoms with Crippen LogP contribution in [0.1, 0.15) is 20.7 Å². The Labute approximate surface area is 142 Å². The predicted octanol–water partition coefficient (Wildman–Crippen LogP) is 2.57. The SMILES string of the molecule is CSc1ccc(OS(=O)(=O)c2ccc(C(=O)O)c(C(=O)O)c2)cc1. The maximum absolute atomic E-state index is 12.2. The van der Waals surface area contributed by atoms with Crippen LogP contribution in [0.4, 0.5) is 0 Å². The zero-order valence-corrected chi connectivity index (χ0v) is 13.9. The summed E-state index contributed by atoms with van der Waals surface area (Å²) in [5.41, 5.74) is -1.14. The summed E-state index contributed by atoms with van der Waals surface area (Å²) in [5.74, 6) is -2.95. The maximum atomic E-state index is 12.2. The molecule has 0 saturated carbocycles. The summed E-state index contributed by atoms with van der Waals surface area (Å²) >= 11 is 1.48. The van der Waals surface area contributed by atoms with Gasteiger partial charge >= 0.3 is 22.1 Å². The number of aromatic carboxylic acids is 2. The summed E-state index contributed by atoms with van der Waals surface area (Å²) in [6.45, 7) is 0. The lowest BCUT2D eigenvalue weighted by molar-refractivity contribution is 0.0651. The molecule has 0 aliphatic rings. The van der Waals surface area contributed by atoms with Gasteiger partial charge in [-0.05, 0) is 48.7 Å². The highest BCUT2D eigenvalue weighted by Crippen LogP contribution is 2.24. The zero-order chi connectivity index (χ0) is 17.9. The van der Waals surface area contributed by atoms with Crippen molar-refractivity contribution >= 4 is 33.8 Å². The van der Waals surface area contributed by atoms with Crippen molar-refractivity contribution in [2.24, 2.45) is 0 Å². The molecule has 9 heteroatoms. The summed E-state index contributed by atoms with van der Waals surface area (Å²) in [6.07, 6.45) is 1.87. The molecule has 24 heavy (non-hydrogen) atoms. The number of thioether (sulfide) groups is 1. The molecule has 7 nitrogen and oxygen atoms in total. The van der Waals surface area contributed by atoms with Crippen molar-refractivity contribution in [3.8, 4) is 5.75 Å². The van der Waals surface area contributed by atoms with Crippen LogP contribution in [0, 0.1) is 0 Å². The van der Waals surface area contributed by atoms with Crippen molar-refractivity contribution in [2.45, 2.75) is 9.79 Å². The van der Waals surface area contributed by atoms with Gasteiger partial charge in [0.15, 0.2) is 0 Å². The lowest BCUT2D eigenvalue weighted by atomic mass is 10.1. The van der Waals surface area contributed by atoms with Gasteiger partial charge in [0.25, 0.3) is 0 Å². The average Bonchev–Trinajstić information content (AvgIpc) is 2.54. The first-order valence-corrected chi connectivity index (χ1v) is 9.07. The number of carbonyl (C=O) groups is 2. The van der Waals surface area contributed by atoms with E-state index in [0.29, 0.717) is 0 Å². The van der Waals surface area contributed by atoms with Crippen molar-refractivity contribution in [1.29, 1.82) is 0 Å². The van der Waals surface area contributed by atoms with Crippen LogP contribution >= 0.6 is 11.8 Å². The Bertz CT molecular complexity index is 887. The van der Waals surface area contributed by atoms with Gasteiger partial charge < -0.3 is 14.4 Å². The Hall–Kier alpha value is -2.52. The molecule has 2 aromatic carbocycles. The van der Waals surface area contributed by atoms with Crippen molar-refractivity contribution in [1.82, 2.24) is 0 Å². The van der Waals surface area contributed by atoms with E-state index in [9.17, 15) is 18.0 Å². The van der Waals surface area contributed by atoms with Crippen LogP contribution in [0.2, 0.25) is 0 Å². The van der Waals surface area contributed by atoms with Crippen LogP contribution < -0.4 is 4.18 Å². The third kappa shape index (κ3) is 3.87. The molecule has 0 fully saturated rings. The van der Waals surface area contributed by atoms with E-state index in [4.69, 9.17) is 14.4 Å². The van der Waals surface area contributed by atoms with Crippen LogP contribution in [-0.4, -0.2) is 36.8 Å². The van der Waals surface area contributed by atoms with Crippen LogP contribution in [-0.2, 0) is 10.1 Å². The largest absolute Gasteiger partial charge is 0.478 e. The van der Waals surface area contributed by atoms with Crippen molar-refractivity contribution in [2.75, 3.05) is 6.26 Å². The van der Waals surface area contributed by atoms with Crippen molar-refractivity contribution in [3.63, 3.8) is 0 Å². The topological polar surface area (TPSA) is 118 Å². The van der Waals surface area contributed by atoms with Crippen molar-refractivity contribution < 1.29 is 32.4 Å². The first-order valence-electron chi connectivity index (χ1n) is 6.44. The lowest BCUT2D eigenvalue weighted by Gasteiger charge is -2.09. The summed E-state index contributed by atoms with van der Waals surface area (Å²) < 4.78 is 29.4. The molecule has 0 spiro atoms. The molecule has 0 aliphatic heterocycles. The van der Waals surface area contributed by atoms with E-state index in [1.807, 2.05) is 6.26 Å². The van der Waals surface area contributed by atoms with Crippen molar-refractivity contribution in [3.05, 3.63) is 53.6 Å². The third-order valence-corrected chi connectivity index (χ3v) is 4.99. The van der Waals surface area contributed by atoms with Crippen LogP contribution in [0.3, 0.4) is 0 Å². The van der Waals surface area contributed by atoms with E-state index in [-0.39, 0.29) is 5.75 Å². The van der Waals surface area contributed by atoms with Crippen LogP contribution in [0.25, 0.3) is 0 Å². The number of hydrogen-bond acceptors (Lipinski definition) is 6. The van der Waals surface area contributed by atoms with Crippen LogP contribution in [0.15, 0.2) is 52.3 Å². The molecule has 0 heterocycles. The first kappa shape index (κ1) is 17.8. The zero-order valence-electron chi connectivity index (χ0n) is 12.3. The lowest BCUT2D eigenvalue weighted by Crippen LogP contribution is -2.13. The summed E-state index contributed by atoms with van der Waals surface area (Å²) in [4.78, 5) is 22.6. The quantitative estimate of drug-likeness (QED) is 0.590. The molecule has 0 unspecified atom stereocenters. The van der Waals surface area contributed by atoms with Gasteiger partial charge in [-0.1, -0.05) is 0 Å². The molecule has 0 saturated heterocycles. The summed E-state index contributed by atoms with van der Waals surface area (Å²) in [6, 6.07) is 8.94. The molecular formula is C15H12O7S2. The molecule has 0 aromatic heterocycles. The second kappa shape index (κ2) is 6.93. The Morgan fingerprint density at radius 3 is 2.04 bits per heavy atom.